The van der Waals surface area contributed by atoms with Crippen molar-refractivity contribution in [3.05, 3.63) is 29.3 Å². The van der Waals surface area contributed by atoms with E-state index in [1.807, 2.05) is 24.7 Å². The summed E-state index contributed by atoms with van der Waals surface area (Å²) in [6.07, 6.45) is 6.73. The van der Waals surface area contributed by atoms with E-state index in [9.17, 15) is 0 Å². The Balaban J connectivity index is 2.11. The van der Waals surface area contributed by atoms with Crippen molar-refractivity contribution in [3.63, 3.8) is 0 Å². The third kappa shape index (κ3) is 2.57. The van der Waals surface area contributed by atoms with Crippen LogP contribution in [0.2, 0.25) is 0 Å². The molecular formula is C10H11BrN4O. The van der Waals surface area contributed by atoms with Gasteiger partial charge in [-0.1, -0.05) is 0 Å². The van der Waals surface area contributed by atoms with Crippen LogP contribution < -0.4 is 4.74 Å². The molecular weight excluding hydrogens is 272 g/mol. The first-order valence-corrected chi connectivity index (χ1v) is 5.64. The molecule has 0 atom stereocenters. The SMILES string of the molecule is CC(C)n1cc(Oc2ncc(Br)cn2)cn1. The fourth-order valence-electron chi connectivity index (χ4n) is 1.11. The summed E-state index contributed by atoms with van der Waals surface area (Å²) in [6.45, 7) is 4.10. The van der Waals surface area contributed by atoms with Crippen LogP contribution >= 0.6 is 15.9 Å². The maximum atomic E-state index is 5.44. The second kappa shape index (κ2) is 4.61. The molecule has 0 amide bonds. The van der Waals surface area contributed by atoms with Crippen LogP contribution in [0.1, 0.15) is 19.9 Å². The molecule has 0 bridgehead atoms. The fraction of sp³-hybridized carbons (Fsp3) is 0.300. The van der Waals surface area contributed by atoms with Crippen molar-refractivity contribution in [1.29, 1.82) is 0 Å². The zero-order valence-corrected chi connectivity index (χ0v) is 10.5. The van der Waals surface area contributed by atoms with Crippen LogP contribution in [0.5, 0.6) is 11.8 Å². The lowest BCUT2D eigenvalue weighted by Gasteiger charge is -2.03. The number of nitrogens with zero attached hydrogens (tertiary/aromatic N) is 4. The van der Waals surface area contributed by atoms with Crippen LogP contribution in [0.25, 0.3) is 0 Å². The molecule has 2 aromatic heterocycles. The number of rotatable bonds is 3. The summed E-state index contributed by atoms with van der Waals surface area (Å²) in [4.78, 5) is 8.02. The molecule has 0 saturated carbocycles. The van der Waals surface area contributed by atoms with Gasteiger partial charge in [-0.15, -0.1) is 0 Å². The smallest absolute Gasteiger partial charge is 0.322 e. The van der Waals surface area contributed by atoms with Crippen molar-refractivity contribution in [2.75, 3.05) is 0 Å². The predicted octanol–water partition coefficient (Wildman–Crippen LogP) is 2.81. The molecule has 0 saturated heterocycles. The first-order chi connectivity index (χ1) is 7.65. The van der Waals surface area contributed by atoms with Gasteiger partial charge in [0, 0.05) is 18.4 Å². The molecule has 0 unspecified atom stereocenters. The van der Waals surface area contributed by atoms with Crippen LogP contribution in [0.4, 0.5) is 0 Å². The Bertz CT molecular complexity index is 466. The minimum absolute atomic E-state index is 0.309. The maximum Gasteiger partial charge on any atom is 0.322 e. The molecule has 6 heteroatoms. The molecule has 0 spiro atoms. The summed E-state index contributed by atoms with van der Waals surface area (Å²) in [5.41, 5.74) is 0. The van der Waals surface area contributed by atoms with Gasteiger partial charge in [-0.25, -0.2) is 9.97 Å². The average molecular weight is 283 g/mol. The van der Waals surface area contributed by atoms with E-state index in [1.165, 1.54) is 0 Å². The second-order valence-electron chi connectivity index (χ2n) is 3.54. The minimum atomic E-state index is 0.309. The minimum Gasteiger partial charge on any atom is -0.421 e. The second-order valence-corrected chi connectivity index (χ2v) is 4.45. The third-order valence-corrected chi connectivity index (χ3v) is 2.32. The van der Waals surface area contributed by atoms with Crippen LogP contribution in [-0.4, -0.2) is 19.7 Å². The Kier molecular flexibility index (Phi) is 3.19. The van der Waals surface area contributed by atoms with Gasteiger partial charge in [0.2, 0.25) is 0 Å². The number of hydrogen-bond acceptors (Lipinski definition) is 4. The van der Waals surface area contributed by atoms with Crippen molar-refractivity contribution in [2.24, 2.45) is 0 Å². The van der Waals surface area contributed by atoms with E-state index in [2.05, 4.69) is 31.0 Å². The van der Waals surface area contributed by atoms with Gasteiger partial charge in [-0.05, 0) is 29.8 Å². The van der Waals surface area contributed by atoms with Gasteiger partial charge in [-0.3, -0.25) is 4.68 Å². The van der Waals surface area contributed by atoms with Crippen molar-refractivity contribution in [3.8, 4) is 11.8 Å². The van der Waals surface area contributed by atoms with Gasteiger partial charge in [0.05, 0.1) is 16.9 Å². The van der Waals surface area contributed by atoms with E-state index in [0.29, 0.717) is 17.8 Å². The molecule has 0 N–H and O–H groups in total. The Morgan fingerprint density at radius 3 is 2.50 bits per heavy atom. The molecule has 0 aromatic carbocycles. The highest BCUT2D eigenvalue weighted by Crippen LogP contribution is 2.18. The van der Waals surface area contributed by atoms with Gasteiger partial charge < -0.3 is 4.74 Å². The largest absolute Gasteiger partial charge is 0.421 e. The Morgan fingerprint density at radius 1 is 1.25 bits per heavy atom. The Hall–Kier alpha value is -1.43. The lowest BCUT2D eigenvalue weighted by Crippen LogP contribution is -1.99. The first kappa shape index (κ1) is 11.1. The third-order valence-electron chi connectivity index (χ3n) is 1.91. The summed E-state index contributed by atoms with van der Waals surface area (Å²) in [6, 6.07) is 0.620. The van der Waals surface area contributed by atoms with Crippen molar-refractivity contribution in [1.82, 2.24) is 19.7 Å². The summed E-state index contributed by atoms with van der Waals surface area (Å²) in [7, 11) is 0. The van der Waals surface area contributed by atoms with Gasteiger partial charge in [0.25, 0.3) is 0 Å². The van der Waals surface area contributed by atoms with E-state index in [4.69, 9.17) is 4.74 Å². The molecule has 2 aromatic rings. The molecule has 0 aliphatic rings. The monoisotopic (exact) mass is 282 g/mol. The van der Waals surface area contributed by atoms with E-state index in [1.54, 1.807) is 18.6 Å². The lowest BCUT2D eigenvalue weighted by molar-refractivity contribution is 0.438. The molecule has 2 rings (SSSR count). The van der Waals surface area contributed by atoms with Crippen LogP contribution in [-0.2, 0) is 0 Å². The van der Waals surface area contributed by atoms with Crippen molar-refractivity contribution in [2.45, 2.75) is 19.9 Å². The molecule has 16 heavy (non-hydrogen) atoms. The predicted molar refractivity (Wildman–Crippen MR) is 62.4 cm³/mol. The average Bonchev–Trinajstić information content (AvgIpc) is 2.70. The number of hydrogen-bond donors (Lipinski definition) is 0. The van der Waals surface area contributed by atoms with Crippen LogP contribution in [0.3, 0.4) is 0 Å². The molecule has 0 fully saturated rings. The van der Waals surface area contributed by atoms with Gasteiger partial charge in [-0.2, -0.15) is 5.10 Å². The first-order valence-electron chi connectivity index (χ1n) is 4.84. The number of halogens is 1. The maximum absolute atomic E-state index is 5.44. The normalized spacial score (nSPS) is 10.8. The zero-order chi connectivity index (χ0) is 11.5. The number of aromatic nitrogens is 4. The van der Waals surface area contributed by atoms with Crippen LogP contribution in [0, 0.1) is 0 Å². The van der Waals surface area contributed by atoms with Crippen molar-refractivity contribution >= 4 is 15.9 Å². The molecule has 0 aliphatic carbocycles. The highest BCUT2D eigenvalue weighted by Gasteiger charge is 2.05. The molecule has 0 radical (unpaired) electrons. The fourth-order valence-corrected chi connectivity index (χ4v) is 1.32. The highest BCUT2D eigenvalue weighted by molar-refractivity contribution is 9.10. The van der Waals surface area contributed by atoms with E-state index in [-0.39, 0.29) is 0 Å². The van der Waals surface area contributed by atoms with Crippen molar-refractivity contribution < 1.29 is 4.74 Å². The summed E-state index contributed by atoms with van der Waals surface area (Å²) in [5.74, 6) is 0.635. The molecule has 84 valence electrons. The number of ether oxygens (including phenoxy) is 1. The standard InChI is InChI=1S/C10H11BrN4O/c1-7(2)15-6-9(5-14-15)16-10-12-3-8(11)4-13-10/h3-7H,1-2H3. The van der Waals surface area contributed by atoms with E-state index < -0.39 is 0 Å². The zero-order valence-electron chi connectivity index (χ0n) is 8.96. The summed E-state index contributed by atoms with van der Waals surface area (Å²) in [5, 5.41) is 4.16. The van der Waals surface area contributed by atoms with Gasteiger partial charge in [0.15, 0.2) is 5.75 Å². The molecule has 2 heterocycles. The highest BCUT2D eigenvalue weighted by atomic mass is 79.9. The molecule has 0 aliphatic heterocycles. The lowest BCUT2D eigenvalue weighted by atomic mass is 10.4. The Morgan fingerprint density at radius 2 is 1.94 bits per heavy atom. The quantitative estimate of drug-likeness (QED) is 0.869. The van der Waals surface area contributed by atoms with E-state index in [0.717, 1.165) is 4.47 Å². The van der Waals surface area contributed by atoms with Gasteiger partial charge >= 0.3 is 6.01 Å². The van der Waals surface area contributed by atoms with Gasteiger partial charge in [0.1, 0.15) is 0 Å². The summed E-state index contributed by atoms with van der Waals surface area (Å²) >= 11 is 3.26. The topological polar surface area (TPSA) is 52.8 Å². The Labute approximate surface area is 102 Å². The molecule has 5 nitrogen and oxygen atoms in total. The summed E-state index contributed by atoms with van der Waals surface area (Å²) < 4.78 is 8.07. The van der Waals surface area contributed by atoms with Crippen LogP contribution in [0.15, 0.2) is 29.3 Å². The van der Waals surface area contributed by atoms with E-state index >= 15 is 0 Å².